The van der Waals surface area contributed by atoms with Gasteiger partial charge in [-0.3, -0.25) is 14.9 Å². The van der Waals surface area contributed by atoms with Crippen LogP contribution in [0.1, 0.15) is 16.2 Å². The van der Waals surface area contributed by atoms with Gasteiger partial charge in [-0.25, -0.2) is 15.4 Å². The predicted molar refractivity (Wildman–Crippen MR) is 121 cm³/mol. The van der Waals surface area contributed by atoms with Gasteiger partial charge >= 0.3 is 5.91 Å². The first-order chi connectivity index (χ1) is 15.6. The van der Waals surface area contributed by atoms with Crippen LogP contribution < -0.4 is 5.43 Å². The summed E-state index contributed by atoms with van der Waals surface area (Å²) in [5.74, 6) is -0.695. The average Bonchev–Trinajstić information content (AvgIpc) is 2.85. The largest absolute Gasteiger partial charge is 0.309 e. The summed E-state index contributed by atoms with van der Waals surface area (Å²) in [6.07, 6.45) is 1.22. The third kappa shape index (κ3) is 4.71. The molecular weight excluding hydrogens is 406 g/mol. The van der Waals surface area contributed by atoms with Crippen molar-refractivity contribution in [1.82, 2.24) is 15.4 Å². The molecule has 0 radical (unpaired) electrons. The van der Waals surface area contributed by atoms with Crippen LogP contribution in [0.15, 0.2) is 96.1 Å². The number of nitro benzene ring substituents is 1. The molecule has 1 heterocycles. The smallest absolute Gasteiger partial charge is 0.264 e. The van der Waals surface area contributed by atoms with Crippen LogP contribution in [-0.2, 0) is 0 Å². The van der Waals surface area contributed by atoms with Gasteiger partial charge < -0.3 is 0 Å². The Morgan fingerprint density at radius 1 is 0.844 bits per heavy atom. The zero-order valence-electron chi connectivity index (χ0n) is 16.8. The number of aromatic nitrogens is 2. The number of nitrogens with zero attached hydrogens (tertiary/aromatic N) is 4. The molecule has 0 spiro atoms. The number of hydrogen-bond donors (Lipinski definition) is 1. The maximum atomic E-state index is 12.7. The molecule has 0 bridgehead atoms. The molecule has 8 heteroatoms. The number of para-hydroxylation sites is 1. The molecule has 0 aliphatic carbocycles. The predicted octanol–water partition coefficient (Wildman–Crippen LogP) is 4.48. The topological polar surface area (TPSA) is 110 Å². The molecule has 156 valence electrons. The quantitative estimate of drug-likeness (QED) is 0.279. The Morgan fingerprint density at radius 3 is 1.94 bits per heavy atom. The molecule has 3 aromatic carbocycles. The minimum absolute atomic E-state index is 0.0649. The number of amides is 1. The highest BCUT2D eigenvalue weighted by Crippen LogP contribution is 2.23. The van der Waals surface area contributed by atoms with E-state index in [1.54, 1.807) is 12.1 Å². The first-order valence-corrected chi connectivity index (χ1v) is 9.68. The summed E-state index contributed by atoms with van der Waals surface area (Å²) in [6, 6.07) is 26.8. The van der Waals surface area contributed by atoms with Crippen molar-refractivity contribution in [3.63, 3.8) is 0 Å². The first kappa shape index (κ1) is 20.5. The molecule has 0 fully saturated rings. The van der Waals surface area contributed by atoms with Crippen LogP contribution in [0.25, 0.3) is 22.5 Å². The maximum Gasteiger partial charge on any atom is 0.309 e. The summed E-state index contributed by atoms with van der Waals surface area (Å²) >= 11 is 0. The zero-order valence-corrected chi connectivity index (χ0v) is 16.8. The van der Waals surface area contributed by atoms with Gasteiger partial charge in [0.1, 0.15) is 0 Å². The Morgan fingerprint density at radius 2 is 1.38 bits per heavy atom. The number of nitrogens with one attached hydrogen (secondary N) is 1. The molecule has 4 rings (SSSR count). The second-order valence-electron chi connectivity index (χ2n) is 6.71. The van der Waals surface area contributed by atoms with Gasteiger partial charge in [0.15, 0.2) is 0 Å². The van der Waals surface area contributed by atoms with E-state index in [1.165, 1.54) is 18.3 Å². The number of carbonyl (C=O) groups is 1. The fourth-order valence-corrected chi connectivity index (χ4v) is 3.04. The summed E-state index contributed by atoms with van der Waals surface area (Å²) in [7, 11) is 0. The van der Waals surface area contributed by atoms with E-state index >= 15 is 0 Å². The number of rotatable bonds is 6. The Bertz CT molecular complexity index is 1230. The Labute approximate surface area is 183 Å². The molecule has 1 N–H and O–H groups in total. The monoisotopic (exact) mass is 423 g/mol. The van der Waals surface area contributed by atoms with E-state index in [0.717, 1.165) is 11.1 Å². The average molecular weight is 423 g/mol. The molecule has 32 heavy (non-hydrogen) atoms. The van der Waals surface area contributed by atoms with Gasteiger partial charge in [-0.2, -0.15) is 5.10 Å². The highest BCUT2D eigenvalue weighted by atomic mass is 16.6. The maximum absolute atomic E-state index is 12.7. The highest BCUT2D eigenvalue weighted by Gasteiger charge is 2.15. The van der Waals surface area contributed by atoms with Gasteiger partial charge in [0.05, 0.1) is 28.1 Å². The molecule has 4 aromatic rings. The summed E-state index contributed by atoms with van der Waals surface area (Å²) in [6.45, 7) is 0. The summed E-state index contributed by atoms with van der Waals surface area (Å²) < 4.78 is 0. The number of carbonyl (C=O) groups excluding carboxylic acids is 1. The van der Waals surface area contributed by atoms with Gasteiger partial charge in [0, 0.05) is 17.2 Å². The van der Waals surface area contributed by atoms with Crippen molar-refractivity contribution < 1.29 is 9.72 Å². The van der Waals surface area contributed by atoms with Gasteiger partial charge in [-0.1, -0.05) is 72.8 Å². The second-order valence-corrected chi connectivity index (χ2v) is 6.71. The van der Waals surface area contributed by atoms with Crippen LogP contribution in [0.3, 0.4) is 0 Å². The molecule has 0 unspecified atom stereocenters. The summed E-state index contributed by atoms with van der Waals surface area (Å²) in [5, 5.41) is 15.0. The molecule has 1 amide bonds. The molecular formula is C24H17N5O3. The van der Waals surface area contributed by atoms with Crippen LogP contribution >= 0.6 is 0 Å². The molecule has 0 saturated heterocycles. The fourth-order valence-electron chi connectivity index (χ4n) is 3.04. The third-order valence-corrected chi connectivity index (χ3v) is 4.57. The van der Waals surface area contributed by atoms with Crippen molar-refractivity contribution in [2.24, 2.45) is 5.10 Å². The summed E-state index contributed by atoms with van der Waals surface area (Å²) in [4.78, 5) is 32.1. The number of benzene rings is 3. The van der Waals surface area contributed by atoms with Crippen molar-refractivity contribution in [3.05, 3.63) is 112 Å². The van der Waals surface area contributed by atoms with Crippen molar-refractivity contribution in [2.75, 3.05) is 0 Å². The van der Waals surface area contributed by atoms with Gasteiger partial charge in [0.2, 0.25) is 5.82 Å². The number of hydrazone groups is 1. The lowest BCUT2D eigenvalue weighted by atomic mass is 10.1. The Hall–Kier alpha value is -4.72. The normalized spacial score (nSPS) is 10.8. The van der Waals surface area contributed by atoms with Crippen LogP contribution in [0.4, 0.5) is 5.69 Å². The van der Waals surface area contributed by atoms with Crippen LogP contribution in [0.5, 0.6) is 0 Å². The molecule has 1 aromatic heterocycles. The number of nitro groups is 1. The van der Waals surface area contributed by atoms with E-state index in [2.05, 4.69) is 20.5 Å². The lowest BCUT2D eigenvalue weighted by molar-refractivity contribution is -0.385. The van der Waals surface area contributed by atoms with Crippen molar-refractivity contribution >= 4 is 17.8 Å². The van der Waals surface area contributed by atoms with E-state index in [4.69, 9.17) is 0 Å². The van der Waals surface area contributed by atoms with Gasteiger partial charge in [-0.05, 0) is 12.1 Å². The lowest BCUT2D eigenvalue weighted by Gasteiger charge is -2.08. The first-order valence-electron chi connectivity index (χ1n) is 9.68. The van der Waals surface area contributed by atoms with Crippen LogP contribution in [0, 0.1) is 10.1 Å². The Kier molecular flexibility index (Phi) is 6.03. The van der Waals surface area contributed by atoms with E-state index in [1.807, 2.05) is 66.7 Å². The van der Waals surface area contributed by atoms with Crippen LogP contribution in [-0.4, -0.2) is 27.0 Å². The summed E-state index contributed by atoms with van der Waals surface area (Å²) in [5.41, 5.74) is 5.36. The van der Waals surface area contributed by atoms with E-state index in [0.29, 0.717) is 11.4 Å². The second kappa shape index (κ2) is 9.40. The molecule has 8 nitrogen and oxygen atoms in total. The van der Waals surface area contributed by atoms with E-state index < -0.39 is 10.8 Å². The van der Waals surface area contributed by atoms with E-state index in [9.17, 15) is 14.9 Å². The highest BCUT2D eigenvalue weighted by molar-refractivity contribution is 5.93. The molecule has 0 atom stereocenters. The molecule has 0 saturated carbocycles. The van der Waals surface area contributed by atoms with Crippen molar-refractivity contribution in [2.45, 2.75) is 0 Å². The van der Waals surface area contributed by atoms with Crippen molar-refractivity contribution in [3.8, 4) is 22.5 Å². The standard InChI is InChI=1S/C24H17N5O3/c30-24(28-25-16-19-13-7-8-14-22(19)29(31)32)23-26-20(17-9-3-1-4-10-17)15-21(27-23)18-11-5-2-6-12-18/h1-16H,(H,28,30)/b25-16-. The Balaban J connectivity index is 1.65. The van der Waals surface area contributed by atoms with Crippen molar-refractivity contribution in [1.29, 1.82) is 0 Å². The third-order valence-electron chi connectivity index (χ3n) is 4.57. The molecule has 0 aliphatic rings. The minimum Gasteiger partial charge on any atom is -0.264 e. The minimum atomic E-state index is -0.630. The van der Waals surface area contributed by atoms with Gasteiger partial charge in [-0.15, -0.1) is 0 Å². The van der Waals surface area contributed by atoms with Crippen LogP contribution in [0.2, 0.25) is 0 Å². The van der Waals surface area contributed by atoms with E-state index in [-0.39, 0.29) is 17.1 Å². The number of hydrogen-bond acceptors (Lipinski definition) is 6. The molecule has 0 aliphatic heterocycles. The lowest BCUT2D eigenvalue weighted by Crippen LogP contribution is -2.21. The van der Waals surface area contributed by atoms with Gasteiger partial charge in [0.25, 0.3) is 5.69 Å². The fraction of sp³-hybridized carbons (Fsp3) is 0. The zero-order chi connectivity index (χ0) is 22.3. The SMILES string of the molecule is O=C(N/N=C\c1ccccc1[N+](=O)[O-])c1nc(-c2ccccc2)cc(-c2ccccc2)n1.